The van der Waals surface area contributed by atoms with E-state index in [1.54, 1.807) is 18.2 Å². The largest absolute Gasteiger partial charge is 0.481 e. The maximum atomic E-state index is 12.3. The Morgan fingerprint density at radius 3 is 2.29 bits per heavy atom. The maximum Gasteiger partial charge on any atom is 0.305 e. The summed E-state index contributed by atoms with van der Waals surface area (Å²) in [5.74, 6) is -4.41. The third kappa shape index (κ3) is 11.0. The fourth-order valence-corrected chi connectivity index (χ4v) is 2.39. The maximum absolute atomic E-state index is 12.3. The van der Waals surface area contributed by atoms with Crippen molar-refractivity contribution >= 4 is 35.6 Å². The SMILES string of the molecule is N=C(N)NCCCCC(=O)NCC(=O)N[C@@H](CC(=O)O)C(=O)NC(=O)c1ccccc1. The molecule has 1 rings (SSSR count). The van der Waals surface area contributed by atoms with Gasteiger partial charge in [-0.15, -0.1) is 0 Å². The third-order valence-electron chi connectivity index (χ3n) is 3.90. The molecule has 8 N–H and O–H groups in total. The number of rotatable bonds is 12. The van der Waals surface area contributed by atoms with E-state index in [0.29, 0.717) is 19.4 Å². The number of nitrogens with one attached hydrogen (secondary N) is 5. The van der Waals surface area contributed by atoms with Crippen LogP contribution in [0.4, 0.5) is 0 Å². The standard InChI is InChI=1S/C19H26N6O6/c20-19(21)22-9-5-4-8-14(26)23-11-15(27)24-13(10-16(28)29)18(31)25-17(30)12-6-2-1-3-7-12/h1-3,6-7,13H,4-5,8-11H2,(H,23,26)(H,24,27)(H,28,29)(H4,20,21,22)(H,25,30,31)/t13-/m0/s1. The molecule has 12 nitrogen and oxygen atoms in total. The van der Waals surface area contributed by atoms with Gasteiger partial charge in [-0.05, 0) is 25.0 Å². The number of nitrogens with two attached hydrogens (primary N) is 1. The number of amides is 4. The van der Waals surface area contributed by atoms with Gasteiger partial charge in [0.05, 0.1) is 13.0 Å². The number of guanidine groups is 1. The van der Waals surface area contributed by atoms with Gasteiger partial charge < -0.3 is 26.8 Å². The summed E-state index contributed by atoms with van der Waals surface area (Å²) in [6.07, 6.45) is 0.489. The van der Waals surface area contributed by atoms with Crippen molar-refractivity contribution in [2.45, 2.75) is 31.7 Å². The third-order valence-corrected chi connectivity index (χ3v) is 3.90. The van der Waals surface area contributed by atoms with Crippen LogP contribution in [0.1, 0.15) is 36.0 Å². The van der Waals surface area contributed by atoms with E-state index in [0.717, 1.165) is 0 Å². The number of carboxylic acids is 1. The lowest BCUT2D eigenvalue weighted by Gasteiger charge is -2.16. The molecule has 0 saturated heterocycles. The smallest absolute Gasteiger partial charge is 0.305 e. The van der Waals surface area contributed by atoms with E-state index < -0.39 is 48.6 Å². The van der Waals surface area contributed by atoms with E-state index in [1.165, 1.54) is 12.1 Å². The normalized spacial score (nSPS) is 11.0. The molecule has 0 unspecified atom stereocenters. The van der Waals surface area contributed by atoms with Crippen LogP contribution >= 0.6 is 0 Å². The Morgan fingerprint density at radius 2 is 1.68 bits per heavy atom. The van der Waals surface area contributed by atoms with Crippen molar-refractivity contribution in [3.63, 3.8) is 0 Å². The van der Waals surface area contributed by atoms with Crippen molar-refractivity contribution in [2.75, 3.05) is 13.1 Å². The first-order valence-electron chi connectivity index (χ1n) is 9.45. The summed E-state index contributed by atoms with van der Waals surface area (Å²) >= 11 is 0. The zero-order valence-corrected chi connectivity index (χ0v) is 16.8. The summed E-state index contributed by atoms with van der Waals surface area (Å²) in [7, 11) is 0. The van der Waals surface area contributed by atoms with Gasteiger partial charge in [-0.25, -0.2) is 0 Å². The summed E-state index contributed by atoms with van der Waals surface area (Å²) in [6, 6.07) is 6.32. The lowest BCUT2D eigenvalue weighted by molar-refractivity contribution is -0.140. The zero-order chi connectivity index (χ0) is 23.2. The van der Waals surface area contributed by atoms with E-state index >= 15 is 0 Å². The van der Waals surface area contributed by atoms with Gasteiger partial charge in [-0.2, -0.15) is 0 Å². The fourth-order valence-electron chi connectivity index (χ4n) is 2.39. The molecular weight excluding hydrogens is 408 g/mol. The molecule has 168 valence electrons. The number of carbonyl (C=O) groups is 5. The highest BCUT2D eigenvalue weighted by Crippen LogP contribution is 2.00. The van der Waals surface area contributed by atoms with Crippen molar-refractivity contribution in [3.8, 4) is 0 Å². The van der Waals surface area contributed by atoms with Gasteiger partial charge in [0, 0.05) is 18.5 Å². The molecular formula is C19H26N6O6. The van der Waals surface area contributed by atoms with E-state index in [4.69, 9.17) is 16.2 Å². The Kier molecular flexibility index (Phi) is 10.8. The second kappa shape index (κ2) is 13.3. The molecule has 0 saturated carbocycles. The molecule has 1 atom stereocenters. The minimum atomic E-state index is -1.49. The molecule has 4 amide bonds. The number of hydrogen-bond acceptors (Lipinski definition) is 6. The Balaban J connectivity index is 2.47. The molecule has 0 aliphatic heterocycles. The van der Waals surface area contributed by atoms with Crippen LogP contribution < -0.4 is 27.0 Å². The minimum Gasteiger partial charge on any atom is -0.481 e. The average Bonchev–Trinajstić information content (AvgIpc) is 2.71. The number of unbranched alkanes of at least 4 members (excludes halogenated alkanes) is 1. The summed E-state index contributed by atoms with van der Waals surface area (Å²) in [5, 5.41) is 25.2. The van der Waals surface area contributed by atoms with Crippen LogP contribution in [0.15, 0.2) is 30.3 Å². The number of carboxylic acid groups (broad SMARTS) is 1. The quantitative estimate of drug-likeness (QED) is 0.119. The highest BCUT2D eigenvalue weighted by atomic mass is 16.4. The highest BCUT2D eigenvalue weighted by Gasteiger charge is 2.25. The first kappa shape index (κ1) is 25.1. The zero-order valence-electron chi connectivity index (χ0n) is 16.8. The number of imide groups is 1. The molecule has 1 aromatic carbocycles. The predicted octanol–water partition coefficient (Wildman–Crippen LogP) is -1.33. The number of benzene rings is 1. The van der Waals surface area contributed by atoms with Crippen LogP contribution in [-0.4, -0.2) is 59.8 Å². The first-order valence-corrected chi connectivity index (χ1v) is 9.45. The van der Waals surface area contributed by atoms with Crippen molar-refractivity contribution in [3.05, 3.63) is 35.9 Å². The lowest BCUT2D eigenvalue weighted by Crippen LogP contribution is -2.51. The molecule has 0 heterocycles. The Bertz CT molecular complexity index is 813. The van der Waals surface area contributed by atoms with Gasteiger partial charge in [-0.3, -0.25) is 34.7 Å². The second-order valence-corrected chi connectivity index (χ2v) is 6.48. The second-order valence-electron chi connectivity index (χ2n) is 6.48. The van der Waals surface area contributed by atoms with Gasteiger partial charge in [0.25, 0.3) is 5.91 Å². The highest BCUT2D eigenvalue weighted by molar-refractivity contribution is 6.07. The molecule has 0 bridgehead atoms. The van der Waals surface area contributed by atoms with Crippen LogP contribution in [0.2, 0.25) is 0 Å². The minimum absolute atomic E-state index is 0.136. The summed E-state index contributed by atoms with van der Waals surface area (Å²) < 4.78 is 0. The van der Waals surface area contributed by atoms with Crippen LogP contribution in [0.25, 0.3) is 0 Å². The molecule has 1 aromatic rings. The predicted molar refractivity (Wildman–Crippen MR) is 110 cm³/mol. The molecule has 31 heavy (non-hydrogen) atoms. The van der Waals surface area contributed by atoms with Crippen LogP contribution in [0.3, 0.4) is 0 Å². The van der Waals surface area contributed by atoms with E-state index in [1.807, 2.05) is 5.32 Å². The van der Waals surface area contributed by atoms with Crippen molar-refractivity contribution in [1.29, 1.82) is 5.41 Å². The van der Waals surface area contributed by atoms with Crippen molar-refractivity contribution < 1.29 is 29.1 Å². The Labute approximate surface area is 178 Å². The molecule has 12 heteroatoms. The van der Waals surface area contributed by atoms with Crippen LogP contribution in [0.5, 0.6) is 0 Å². The van der Waals surface area contributed by atoms with Gasteiger partial charge >= 0.3 is 5.97 Å². The van der Waals surface area contributed by atoms with Crippen molar-refractivity contribution in [2.24, 2.45) is 5.73 Å². The molecule has 0 aromatic heterocycles. The Hall–Kier alpha value is -3.96. The molecule has 0 radical (unpaired) electrons. The lowest BCUT2D eigenvalue weighted by atomic mass is 10.1. The fraction of sp³-hybridized carbons (Fsp3) is 0.368. The molecule has 0 aliphatic rings. The van der Waals surface area contributed by atoms with Crippen LogP contribution in [-0.2, 0) is 19.2 Å². The number of aliphatic carboxylic acids is 1. The summed E-state index contributed by atoms with van der Waals surface area (Å²) in [4.78, 5) is 59.1. The van der Waals surface area contributed by atoms with Gasteiger partial charge in [-0.1, -0.05) is 18.2 Å². The van der Waals surface area contributed by atoms with E-state index in [2.05, 4.69) is 16.0 Å². The van der Waals surface area contributed by atoms with Crippen molar-refractivity contribution in [1.82, 2.24) is 21.3 Å². The van der Waals surface area contributed by atoms with Gasteiger partial charge in [0.1, 0.15) is 6.04 Å². The molecule has 0 fully saturated rings. The van der Waals surface area contributed by atoms with Gasteiger partial charge in [0.15, 0.2) is 5.96 Å². The first-order chi connectivity index (χ1) is 14.7. The van der Waals surface area contributed by atoms with E-state index in [9.17, 15) is 24.0 Å². The van der Waals surface area contributed by atoms with Crippen LogP contribution in [0, 0.1) is 5.41 Å². The summed E-state index contributed by atoms with van der Waals surface area (Å²) in [6.45, 7) is -0.0165. The summed E-state index contributed by atoms with van der Waals surface area (Å²) in [5.41, 5.74) is 5.32. The van der Waals surface area contributed by atoms with E-state index in [-0.39, 0.29) is 17.9 Å². The number of hydrogen-bond donors (Lipinski definition) is 7. The molecule has 0 aliphatic carbocycles. The number of carbonyl (C=O) groups excluding carboxylic acids is 4. The topological polar surface area (TPSA) is 204 Å². The average molecular weight is 434 g/mol. The van der Waals surface area contributed by atoms with Gasteiger partial charge in [0.2, 0.25) is 17.7 Å². The monoisotopic (exact) mass is 434 g/mol. The molecule has 0 spiro atoms. The Morgan fingerprint density at radius 1 is 1.00 bits per heavy atom.